The van der Waals surface area contributed by atoms with Crippen LogP contribution in [0.2, 0.25) is 0 Å². The van der Waals surface area contributed by atoms with Gasteiger partial charge in [0, 0.05) is 23.4 Å². The Bertz CT molecular complexity index is 1270. The Labute approximate surface area is 176 Å². The summed E-state index contributed by atoms with van der Waals surface area (Å²) in [5.74, 6) is -0.205. The zero-order valence-electron chi connectivity index (χ0n) is 15.5. The highest BCUT2D eigenvalue weighted by Gasteiger charge is 2.21. The molecule has 0 bridgehead atoms. The van der Waals surface area contributed by atoms with Gasteiger partial charge in [-0.05, 0) is 54.4 Å². The van der Waals surface area contributed by atoms with E-state index in [1.807, 2.05) is 0 Å². The summed E-state index contributed by atoms with van der Waals surface area (Å²) in [5, 5.41) is 11.3. The van der Waals surface area contributed by atoms with Crippen LogP contribution in [0.3, 0.4) is 0 Å². The number of carbonyl (C=O) groups is 2. The number of hydrogen-bond acceptors (Lipinski definition) is 8. The number of nitrogens with one attached hydrogen (secondary N) is 2. The van der Waals surface area contributed by atoms with Gasteiger partial charge in [0.25, 0.3) is 0 Å². The standard InChI is InChI=1S/C19H17N5O4S2/c20-18-17(16(26)11-1-7-14-10(9-11)2-8-15(25)23-14)29-19(24-18)22-12-3-5-13(6-4-12)30(21,27)28/h1,3-7,9H,2,8,20H2,(H,22,24)(H,23,25)(H2,21,27,28). The Kier molecular flexibility index (Phi) is 5.02. The van der Waals surface area contributed by atoms with E-state index in [9.17, 15) is 18.0 Å². The molecule has 9 nitrogen and oxygen atoms in total. The van der Waals surface area contributed by atoms with Crippen LogP contribution >= 0.6 is 11.3 Å². The SMILES string of the molecule is Nc1nc(Nc2ccc(S(N)(=O)=O)cc2)sc1C(=O)c1ccc2c(c1)CCC(=O)N2. The third kappa shape index (κ3) is 4.03. The van der Waals surface area contributed by atoms with Crippen molar-refractivity contribution >= 4 is 55.4 Å². The number of carbonyl (C=O) groups excluding carboxylic acids is 2. The number of amides is 1. The van der Waals surface area contributed by atoms with E-state index in [-0.39, 0.29) is 22.4 Å². The molecule has 0 fully saturated rings. The van der Waals surface area contributed by atoms with Crippen molar-refractivity contribution in [3.63, 3.8) is 0 Å². The molecule has 0 spiro atoms. The van der Waals surface area contributed by atoms with Gasteiger partial charge >= 0.3 is 0 Å². The van der Waals surface area contributed by atoms with Gasteiger partial charge in [-0.3, -0.25) is 9.59 Å². The van der Waals surface area contributed by atoms with E-state index in [4.69, 9.17) is 10.9 Å². The van der Waals surface area contributed by atoms with Crippen molar-refractivity contribution < 1.29 is 18.0 Å². The summed E-state index contributed by atoms with van der Waals surface area (Å²) >= 11 is 1.10. The maximum atomic E-state index is 12.9. The first-order chi connectivity index (χ1) is 14.2. The average Bonchev–Trinajstić information content (AvgIpc) is 3.06. The fourth-order valence-electron chi connectivity index (χ4n) is 3.06. The van der Waals surface area contributed by atoms with Crippen molar-refractivity contribution in [3.8, 4) is 0 Å². The Morgan fingerprint density at radius 1 is 1.13 bits per heavy atom. The van der Waals surface area contributed by atoms with E-state index in [1.165, 1.54) is 24.3 Å². The van der Waals surface area contributed by atoms with Crippen LogP contribution in [0, 0.1) is 0 Å². The van der Waals surface area contributed by atoms with Crippen molar-refractivity contribution in [1.82, 2.24) is 4.98 Å². The number of nitrogen functional groups attached to an aromatic ring is 1. The van der Waals surface area contributed by atoms with Crippen LogP contribution in [0.5, 0.6) is 0 Å². The number of ketones is 1. The smallest absolute Gasteiger partial charge is 0.238 e. The highest BCUT2D eigenvalue weighted by molar-refractivity contribution is 7.89. The highest BCUT2D eigenvalue weighted by atomic mass is 32.2. The Hall–Kier alpha value is -3.28. The van der Waals surface area contributed by atoms with Gasteiger partial charge in [-0.1, -0.05) is 11.3 Å². The molecule has 2 heterocycles. The molecule has 0 aliphatic carbocycles. The molecule has 0 saturated carbocycles. The van der Waals surface area contributed by atoms with Gasteiger partial charge in [0.2, 0.25) is 21.7 Å². The first-order valence-electron chi connectivity index (χ1n) is 8.84. The summed E-state index contributed by atoms with van der Waals surface area (Å²) in [7, 11) is -3.78. The third-order valence-corrected chi connectivity index (χ3v) is 6.47. The molecule has 154 valence electrons. The van der Waals surface area contributed by atoms with Crippen LogP contribution in [0.1, 0.15) is 27.2 Å². The molecule has 1 aromatic heterocycles. The number of sulfonamides is 1. The molecule has 1 aliphatic heterocycles. The summed E-state index contributed by atoms with van der Waals surface area (Å²) in [6.07, 6.45) is 0.952. The average molecular weight is 444 g/mol. The summed E-state index contributed by atoms with van der Waals surface area (Å²) in [4.78, 5) is 28.9. The van der Waals surface area contributed by atoms with Crippen molar-refractivity contribution in [2.45, 2.75) is 17.7 Å². The number of anilines is 4. The third-order valence-electron chi connectivity index (χ3n) is 4.56. The minimum absolute atomic E-state index is 0.00818. The maximum Gasteiger partial charge on any atom is 0.238 e. The van der Waals surface area contributed by atoms with Crippen LogP contribution in [0.25, 0.3) is 0 Å². The van der Waals surface area contributed by atoms with Crippen molar-refractivity contribution in [2.75, 3.05) is 16.4 Å². The van der Waals surface area contributed by atoms with Crippen LogP contribution in [0.15, 0.2) is 47.4 Å². The number of thiazole rings is 1. The van der Waals surface area contributed by atoms with E-state index < -0.39 is 10.0 Å². The van der Waals surface area contributed by atoms with Gasteiger partial charge in [-0.15, -0.1) is 0 Å². The maximum absolute atomic E-state index is 12.9. The van der Waals surface area contributed by atoms with Crippen LogP contribution in [0.4, 0.5) is 22.3 Å². The van der Waals surface area contributed by atoms with Gasteiger partial charge in [-0.2, -0.15) is 0 Å². The van der Waals surface area contributed by atoms with Crippen molar-refractivity contribution in [2.24, 2.45) is 5.14 Å². The van der Waals surface area contributed by atoms with Gasteiger partial charge in [0.05, 0.1) is 4.90 Å². The monoisotopic (exact) mass is 443 g/mol. The first kappa shape index (κ1) is 20.0. The molecule has 6 N–H and O–H groups in total. The van der Waals surface area contributed by atoms with E-state index in [1.54, 1.807) is 18.2 Å². The fraction of sp³-hybridized carbons (Fsp3) is 0.105. The normalized spacial score (nSPS) is 13.4. The molecule has 0 atom stereocenters. The molecular weight excluding hydrogens is 426 g/mol. The number of nitrogens with zero attached hydrogens (tertiary/aromatic N) is 1. The summed E-state index contributed by atoms with van der Waals surface area (Å²) in [6.45, 7) is 0. The molecule has 0 radical (unpaired) electrons. The van der Waals surface area contributed by atoms with Crippen LogP contribution < -0.4 is 21.5 Å². The number of aromatic nitrogens is 1. The molecule has 0 saturated heterocycles. The molecular formula is C19H17N5O4S2. The predicted octanol–water partition coefficient (Wildman–Crippen LogP) is 2.23. The van der Waals surface area contributed by atoms with E-state index in [0.717, 1.165) is 16.9 Å². The molecule has 30 heavy (non-hydrogen) atoms. The van der Waals surface area contributed by atoms with Gasteiger partial charge in [0.15, 0.2) is 5.13 Å². The lowest BCUT2D eigenvalue weighted by Gasteiger charge is -2.17. The lowest BCUT2D eigenvalue weighted by atomic mass is 9.98. The molecule has 0 unspecified atom stereocenters. The zero-order chi connectivity index (χ0) is 21.5. The summed E-state index contributed by atoms with van der Waals surface area (Å²) in [5.41, 5.74) is 8.60. The summed E-state index contributed by atoms with van der Waals surface area (Å²) in [6, 6.07) is 10.9. The lowest BCUT2D eigenvalue weighted by Crippen LogP contribution is -2.19. The fourth-order valence-corrected chi connectivity index (χ4v) is 4.44. The minimum atomic E-state index is -3.78. The molecule has 1 amide bonds. The first-order valence-corrected chi connectivity index (χ1v) is 11.2. The molecule has 11 heteroatoms. The number of hydrogen-bond donors (Lipinski definition) is 4. The quantitative estimate of drug-likeness (QED) is 0.440. The Balaban J connectivity index is 1.55. The minimum Gasteiger partial charge on any atom is -0.382 e. The van der Waals surface area contributed by atoms with E-state index in [2.05, 4.69) is 15.6 Å². The highest BCUT2D eigenvalue weighted by Crippen LogP contribution is 2.31. The van der Waals surface area contributed by atoms with Gasteiger partial charge < -0.3 is 16.4 Å². The van der Waals surface area contributed by atoms with Crippen LogP contribution in [-0.4, -0.2) is 25.1 Å². The summed E-state index contributed by atoms with van der Waals surface area (Å²) < 4.78 is 22.7. The van der Waals surface area contributed by atoms with Crippen molar-refractivity contribution in [1.29, 1.82) is 0 Å². The number of aryl methyl sites for hydroxylation is 1. The molecule has 4 rings (SSSR count). The molecule has 3 aromatic rings. The van der Waals surface area contributed by atoms with Crippen molar-refractivity contribution in [3.05, 3.63) is 58.5 Å². The van der Waals surface area contributed by atoms with E-state index >= 15 is 0 Å². The predicted molar refractivity (Wildman–Crippen MR) is 114 cm³/mol. The van der Waals surface area contributed by atoms with Gasteiger partial charge in [-0.25, -0.2) is 18.5 Å². The number of fused-ring (bicyclic) bond motifs is 1. The van der Waals surface area contributed by atoms with Gasteiger partial charge in [0.1, 0.15) is 10.7 Å². The lowest BCUT2D eigenvalue weighted by molar-refractivity contribution is -0.116. The Morgan fingerprint density at radius 3 is 2.57 bits per heavy atom. The second-order valence-corrected chi connectivity index (χ2v) is 9.24. The molecule has 1 aliphatic rings. The number of benzene rings is 2. The number of primary sulfonamides is 1. The molecule has 2 aromatic carbocycles. The Morgan fingerprint density at radius 2 is 1.87 bits per heavy atom. The largest absolute Gasteiger partial charge is 0.382 e. The number of rotatable bonds is 5. The topological polar surface area (TPSA) is 157 Å². The second kappa shape index (κ2) is 7.52. The second-order valence-electron chi connectivity index (χ2n) is 6.68. The van der Waals surface area contributed by atoms with E-state index in [0.29, 0.717) is 39.8 Å². The number of nitrogens with two attached hydrogens (primary N) is 2. The zero-order valence-corrected chi connectivity index (χ0v) is 17.1. The van der Waals surface area contributed by atoms with Crippen LogP contribution in [-0.2, 0) is 21.2 Å².